The van der Waals surface area contributed by atoms with Crippen molar-refractivity contribution in [1.82, 2.24) is 5.32 Å². The molecule has 22 heavy (non-hydrogen) atoms. The molecule has 2 aromatic rings. The highest BCUT2D eigenvalue weighted by atomic mass is 35.5. The fraction of sp³-hybridized carbons (Fsp3) is 0.0625. The summed E-state index contributed by atoms with van der Waals surface area (Å²) < 4.78 is 0. The van der Waals surface area contributed by atoms with Crippen LogP contribution < -0.4 is 10.6 Å². The second kappa shape index (κ2) is 5.61. The van der Waals surface area contributed by atoms with E-state index in [4.69, 9.17) is 11.6 Å². The Morgan fingerprint density at radius 3 is 2.50 bits per heavy atom. The first-order valence-electron chi connectivity index (χ1n) is 6.57. The number of carbonyl (C=O) groups is 3. The Balaban J connectivity index is 1.95. The van der Waals surface area contributed by atoms with Gasteiger partial charge in [-0.2, -0.15) is 0 Å². The number of halogens is 1. The fourth-order valence-corrected chi connectivity index (χ4v) is 2.56. The van der Waals surface area contributed by atoms with E-state index >= 15 is 0 Å². The standard InChI is InChI=1S/C16H11ClN2O3/c17-11-7-3-4-8-12(11)18-15(21)13-9-5-1-2-6-10(9)14(20)19-16(13)22/h1-8,13H,(H,18,21)(H,19,20,22). The smallest absolute Gasteiger partial charge is 0.258 e. The molecule has 3 rings (SSSR count). The average Bonchev–Trinajstić information content (AvgIpc) is 2.49. The number of rotatable bonds is 2. The van der Waals surface area contributed by atoms with Gasteiger partial charge in [0.15, 0.2) is 0 Å². The van der Waals surface area contributed by atoms with Gasteiger partial charge in [-0.1, -0.05) is 41.9 Å². The summed E-state index contributed by atoms with van der Waals surface area (Å²) in [5, 5.41) is 5.19. The van der Waals surface area contributed by atoms with E-state index in [0.717, 1.165) is 0 Å². The van der Waals surface area contributed by atoms with Crippen LogP contribution in [0.1, 0.15) is 21.8 Å². The van der Waals surface area contributed by atoms with Gasteiger partial charge in [0.2, 0.25) is 11.8 Å². The zero-order valence-corrected chi connectivity index (χ0v) is 12.1. The first kappa shape index (κ1) is 14.3. The number of nitrogens with one attached hydrogen (secondary N) is 2. The lowest BCUT2D eigenvalue weighted by Crippen LogP contribution is -2.44. The quantitative estimate of drug-likeness (QED) is 0.660. The van der Waals surface area contributed by atoms with Crippen LogP contribution in [0.2, 0.25) is 5.02 Å². The van der Waals surface area contributed by atoms with Crippen LogP contribution in [0.3, 0.4) is 0 Å². The van der Waals surface area contributed by atoms with E-state index in [1.807, 2.05) is 0 Å². The third-order valence-corrected chi connectivity index (χ3v) is 3.74. The zero-order chi connectivity index (χ0) is 15.7. The summed E-state index contributed by atoms with van der Waals surface area (Å²) in [6.45, 7) is 0. The predicted octanol–water partition coefficient (Wildman–Crippen LogP) is 2.33. The number of imide groups is 1. The van der Waals surface area contributed by atoms with Gasteiger partial charge in [0.25, 0.3) is 5.91 Å². The number of amides is 3. The summed E-state index contributed by atoms with van der Waals surface area (Å²) in [5.41, 5.74) is 1.12. The molecule has 0 radical (unpaired) electrons. The van der Waals surface area contributed by atoms with Gasteiger partial charge in [0.1, 0.15) is 5.92 Å². The van der Waals surface area contributed by atoms with E-state index in [1.165, 1.54) is 0 Å². The number of fused-ring (bicyclic) bond motifs is 1. The minimum atomic E-state index is -1.09. The summed E-state index contributed by atoms with van der Waals surface area (Å²) in [4.78, 5) is 36.3. The molecule has 1 aliphatic rings. The van der Waals surface area contributed by atoms with Crippen molar-refractivity contribution in [2.45, 2.75) is 5.92 Å². The van der Waals surface area contributed by atoms with Gasteiger partial charge in [-0.25, -0.2) is 0 Å². The van der Waals surface area contributed by atoms with Crippen molar-refractivity contribution >= 4 is 35.0 Å². The summed E-state index contributed by atoms with van der Waals surface area (Å²) in [7, 11) is 0. The molecule has 0 bridgehead atoms. The van der Waals surface area contributed by atoms with Crippen molar-refractivity contribution in [1.29, 1.82) is 0 Å². The van der Waals surface area contributed by atoms with Crippen molar-refractivity contribution in [3.63, 3.8) is 0 Å². The Morgan fingerprint density at radius 2 is 1.73 bits per heavy atom. The normalized spacial score (nSPS) is 16.7. The topological polar surface area (TPSA) is 75.3 Å². The lowest BCUT2D eigenvalue weighted by atomic mass is 9.89. The zero-order valence-electron chi connectivity index (χ0n) is 11.3. The van der Waals surface area contributed by atoms with Gasteiger partial charge in [-0.05, 0) is 23.8 Å². The van der Waals surface area contributed by atoms with E-state index in [2.05, 4.69) is 10.6 Å². The molecule has 5 nitrogen and oxygen atoms in total. The van der Waals surface area contributed by atoms with Crippen LogP contribution in [0.5, 0.6) is 0 Å². The molecule has 0 saturated carbocycles. The van der Waals surface area contributed by atoms with E-state index < -0.39 is 23.6 Å². The molecule has 2 aromatic carbocycles. The summed E-state index contributed by atoms with van der Waals surface area (Å²) in [6, 6.07) is 13.3. The fourth-order valence-electron chi connectivity index (χ4n) is 2.38. The maximum absolute atomic E-state index is 12.5. The molecule has 1 aliphatic heterocycles. The van der Waals surface area contributed by atoms with Crippen LogP contribution in [-0.2, 0) is 9.59 Å². The van der Waals surface area contributed by atoms with Crippen LogP contribution in [0, 0.1) is 0 Å². The van der Waals surface area contributed by atoms with Crippen molar-refractivity contribution < 1.29 is 14.4 Å². The highest BCUT2D eigenvalue weighted by molar-refractivity contribution is 6.34. The number of benzene rings is 2. The number of hydrogen-bond acceptors (Lipinski definition) is 3. The number of carbonyl (C=O) groups excluding carboxylic acids is 3. The Hall–Kier alpha value is -2.66. The molecule has 0 spiro atoms. The largest absolute Gasteiger partial charge is 0.324 e. The van der Waals surface area contributed by atoms with E-state index in [-0.39, 0.29) is 0 Å². The van der Waals surface area contributed by atoms with Gasteiger partial charge >= 0.3 is 0 Å². The Bertz CT molecular complexity index is 788. The molecule has 3 amide bonds. The van der Waals surface area contributed by atoms with E-state index in [1.54, 1.807) is 48.5 Å². The first-order valence-corrected chi connectivity index (χ1v) is 6.95. The third kappa shape index (κ3) is 2.46. The van der Waals surface area contributed by atoms with Crippen LogP contribution in [0.4, 0.5) is 5.69 Å². The molecule has 0 saturated heterocycles. The van der Waals surface area contributed by atoms with Gasteiger partial charge < -0.3 is 5.32 Å². The Labute approximate surface area is 131 Å². The molecule has 0 aliphatic carbocycles. The van der Waals surface area contributed by atoms with Crippen LogP contribution in [0.15, 0.2) is 48.5 Å². The minimum absolute atomic E-state index is 0.321. The predicted molar refractivity (Wildman–Crippen MR) is 81.7 cm³/mol. The van der Waals surface area contributed by atoms with Crippen LogP contribution in [-0.4, -0.2) is 17.7 Å². The monoisotopic (exact) mass is 314 g/mol. The van der Waals surface area contributed by atoms with Crippen molar-refractivity contribution in [3.05, 3.63) is 64.7 Å². The highest BCUT2D eigenvalue weighted by Crippen LogP contribution is 2.28. The first-order chi connectivity index (χ1) is 10.6. The number of anilines is 1. The molecule has 0 fully saturated rings. The molecular formula is C16H11ClN2O3. The Kier molecular flexibility index (Phi) is 3.65. The molecule has 110 valence electrons. The van der Waals surface area contributed by atoms with Crippen molar-refractivity contribution in [2.24, 2.45) is 0 Å². The minimum Gasteiger partial charge on any atom is -0.324 e. The number of para-hydroxylation sites is 1. The van der Waals surface area contributed by atoms with Gasteiger partial charge in [-0.3, -0.25) is 19.7 Å². The van der Waals surface area contributed by atoms with E-state index in [9.17, 15) is 14.4 Å². The molecule has 0 aromatic heterocycles. The second-order valence-electron chi connectivity index (χ2n) is 4.81. The van der Waals surface area contributed by atoms with Gasteiger partial charge in [-0.15, -0.1) is 0 Å². The average molecular weight is 315 g/mol. The maximum Gasteiger partial charge on any atom is 0.258 e. The molecule has 1 atom stereocenters. The number of hydrogen-bond donors (Lipinski definition) is 2. The van der Waals surface area contributed by atoms with Crippen molar-refractivity contribution in [2.75, 3.05) is 5.32 Å². The molecule has 1 heterocycles. The van der Waals surface area contributed by atoms with E-state index in [0.29, 0.717) is 21.8 Å². The van der Waals surface area contributed by atoms with Crippen LogP contribution >= 0.6 is 11.6 Å². The summed E-state index contributed by atoms with van der Waals surface area (Å²) >= 11 is 6.00. The summed E-state index contributed by atoms with van der Waals surface area (Å²) in [5.74, 6) is -2.77. The lowest BCUT2D eigenvalue weighted by molar-refractivity contribution is -0.128. The SMILES string of the molecule is O=C1NC(=O)C(C(=O)Nc2ccccc2Cl)c2ccccc21. The second-order valence-corrected chi connectivity index (χ2v) is 5.21. The molecular weight excluding hydrogens is 304 g/mol. The molecule has 2 N–H and O–H groups in total. The maximum atomic E-state index is 12.5. The third-order valence-electron chi connectivity index (χ3n) is 3.41. The Morgan fingerprint density at radius 1 is 1.05 bits per heavy atom. The van der Waals surface area contributed by atoms with Gasteiger partial charge in [0.05, 0.1) is 10.7 Å². The molecule has 6 heteroatoms. The van der Waals surface area contributed by atoms with Crippen molar-refractivity contribution in [3.8, 4) is 0 Å². The van der Waals surface area contributed by atoms with Crippen LogP contribution in [0.25, 0.3) is 0 Å². The lowest BCUT2D eigenvalue weighted by Gasteiger charge is -2.23. The molecule has 1 unspecified atom stereocenters. The van der Waals surface area contributed by atoms with Gasteiger partial charge in [0, 0.05) is 5.56 Å². The highest BCUT2D eigenvalue weighted by Gasteiger charge is 2.37. The summed E-state index contributed by atoms with van der Waals surface area (Å²) in [6.07, 6.45) is 0.